The average Bonchev–Trinajstić information content (AvgIpc) is 3.26. The fourth-order valence-electron chi connectivity index (χ4n) is 3.86. The summed E-state index contributed by atoms with van der Waals surface area (Å²) in [6, 6.07) is 0.522. The third kappa shape index (κ3) is 4.10. The zero-order chi connectivity index (χ0) is 20.4. The lowest BCUT2D eigenvalue weighted by Crippen LogP contribution is -2.52. The highest BCUT2D eigenvalue weighted by Crippen LogP contribution is 2.37. The van der Waals surface area contributed by atoms with Gasteiger partial charge in [0.15, 0.2) is 0 Å². The summed E-state index contributed by atoms with van der Waals surface area (Å²) < 4.78 is 17.9. The molecule has 5 rings (SSSR count). The highest BCUT2D eigenvalue weighted by atomic mass is 35.5. The molecule has 2 aliphatic rings. The smallest absolute Gasteiger partial charge is 0.140 e. The molecule has 156 valence electrons. The van der Waals surface area contributed by atoms with Gasteiger partial charge in [0.2, 0.25) is 0 Å². The monoisotopic (exact) mass is 420 g/mol. The lowest BCUT2D eigenvalue weighted by molar-refractivity contribution is -0.0780. The molecule has 0 radical (unpaired) electrons. The molecule has 5 heterocycles. The highest BCUT2D eigenvalue weighted by molar-refractivity contribution is 6.36. The molecular weight excluding hydrogens is 395 g/mol. The van der Waals surface area contributed by atoms with Gasteiger partial charge in [0.25, 0.3) is 0 Å². The largest absolute Gasteiger partial charge is 0.387 e. The number of rotatable bonds is 3. The number of aryl methyl sites for hydroxylation is 1. The number of aromatic amines is 2. The maximum absolute atomic E-state index is 12.9. The Morgan fingerprint density at radius 2 is 2.14 bits per heavy atom. The molecule has 0 spiro atoms. The topological polar surface area (TPSA) is 81.9 Å². The Balaban J connectivity index is 0.000000159. The molecule has 3 aromatic rings. The lowest BCUT2D eigenvalue weighted by Gasteiger charge is -2.40. The van der Waals surface area contributed by atoms with Gasteiger partial charge in [0.05, 0.1) is 41.5 Å². The normalized spacial score (nSPS) is 20.2. The van der Waals surface area contributed by atoms with Crippen LogP contribution in [0.15, 0.2) is 18.6 Å². The quantitative estimate of drug-likeness (QED) is 0.600. The predicted octanol–water partition coefficient (Wildman–Crippen LogP) is 3.78. The van der Waals surface area contributed by atoms with Crippen LogP contribution in [0.2, 0.25) is 5.02 Å². The van der Waals surface area contributed by atoms with Crippen LogP contribution in [0.1, 0.15) is 18.5 Å². The van der Waals surface area contributed by atoms with E-state index >= 15 is 0 Å². The number of nitrogens with zero attached hydrogens (tertiary/aromatic N) is 3. The van der Waals surface area contributed by atoms with E-state index in [9.17, 15) is 4.39 Å². The second-order valence-corrected chi connectivity index (χ2v) is 7.90. The number of halogens is 2. The van der Waals surface area contributed by atoms with Crippen LogP contribution >= 0.6 is 11.6 Å². The van der Waals surface area contributed by atoms with Crippen molar-refractivity contribution in [3.63, 3.8) is 0 Å². The van der Waals surface area contributed by atoms with Crippen molar-refractivity contribution in [2.24, 2.45) is 0 Å². The molecule has 9 heteroatoms. The first-order valence-corrected chi connectivity index (χ1v) is 10.3. The molecule has 0 saturated carbocycles. The van der Waals surface area contributed by atoms with E-state index in [0.717, 1.165) is 66.1 Å². The molecule has 1 unspecified atom stereocenters. The third-order valence-electron chi connectivity index (χ3n) is 5.56. The molecule has 1 atom stereocenters. The van der Waals surface area contributed by atoms with Crippen LogP contribution in [-0.2, 0) is 4.74 Å². The molecule has 3 N–H and O–H groups in total. The van der Waals surface area contributed by atoms with Crippen LogP contribution in [-0.4, -0.2) is 70.6 Å². The molecule has 2 aliphatic heterocycles. The number of alkyl halides is 1. The number of pyridine rings is 1. The first kappa shape index (κ1) is 20.1. The summed E-state index contributed by atoms with van der Waals surface area (Å²) in [5, 5.41) is 11.7. The molecule has 7 nitrogen and oxygen atoms in total. The summed E-state index contributed by atoms with van der Waals surface area (Å²) in [4.78, 5) is 9.65. The standard InChI is InChI=1S/C12H12ClN5.C8H14FNO/c1-6-7(4-17-18-6)8-3-15-12-10(11(8)14-2)9(13)5-16-12;9-7-2-1-3-10(4-7)8-5-11-6-8/h3-5H,1-2H3,(H,17,18)(H2,14,15,16);7-8H,1-6H2. The van der Waals surface area contributed by atoms with Gasteiger partial charge < -0.3 is 15.0 Å². The van der Waals surface area contributed by atoms with Gasteiger partial charge in [0, 0.05) is 42.8 Å². The Hall–Kier alpha value is -2.16. The zero-order valence-corrected chi connectivity index (χ0v) is 17.4. The minimum atomic E-state index is -0.593. The number of H-pyrrole nitrogens is 2. The average molecular weight is 421 g/mol. The molecule has 0 amide bonds. The van der Waals surface area contributed by atoms with Crippen molar-refractivity contribution in [3.05, 3.63) is 29.3 Å². The first-order valence-electron chi connectivity index (χ1n) is 9.88. The van der Waals surface area contributed by atoms with Gasteiger partial charge in [0.1, 0.15) is 11.8 Å². The van der Waals surface area contributed by atoms with E-state index < -0.39 is 6.17 Å². The Kier molecular flexibility index (Phi) is 6.03. The maximum atomic E-state index is 12.9. The zero-order valence-electron chi connectivity index (χ0n) is 16.6. The first-order chi connectivity index (χ1) is 14.1. The van der Waals surface area contributed by atoms with Crippen LogP contribution < -0.4 is 5.32 Å². The molecule has 29 heavy (non-hydrogen) atoms. The van der Waals surface area contributed by atoms with E-state index in [-0.39, 0.29) is 0 Å². The fourth-order valence-corrected chi connectivity index (χ4v) is 4.10. The molecule has 2 saturated heterocycles. The van der Waals surface area contributed by atoms with Crippen molar-refractivity contribution in [1.82, 2.24) is 25.1 Å². The van der Waals surface area contributed by atoms with Crippen LogP contribution in [0.3, 0.4) is 0 Å². The van der Waals surface area contributed by atoms with Gasteiger partial charge in [-0.15, -0.1) is 0 Å². The summed E-state index contributed by atoms with van der Waals surface area (Å²) in [6.07, 6.45) is 6.52. The maximum Gasteiger partial charge on any atom is 0.140 e. The second-order valence-electron chi connectivity index (χ2n) is 7.49. The minimum absolute atomic E-state index is 0.522. The van der Waals surface area contributed by atoms with Crippen molar-refractivity contribution < 1.29 is 9.13 Å². The van der Waals surface area contributed by atoms with Gasteiger partial charge in [-0.05, 0) is 26.3 Å². The summed E-state index contributed by atoms with van der Waals surface area (Å²) in [7, 11) is 1.87. The minimum Gasteiger partial charge on any atom is -0.387 e. The van der Waals surface area contributed by atoms with Crippen LogP contribution in [0, 0.1) is 6.92 Å². The van der Waals surface area contributed by atoms with Gasteiger partial charge in [-0.25, -0.2) is 9.37 Å². The number of aromatic nitrogens is 4. The predicted molar refractivity (Wildman–Crippen MR) is 113 cm³/mol. The van der Waals surface area contributed by atoms with E-state index in [0.29, 0.717) is 17.6 Å². The summed E-state index contributed by atoms with van der Waals surface area (Å²) in [5.41, 5.74) is 4.73. The van der Waals surface area contributed by atoms with Crippen molar-refractivity contribution >= 4 is 28.3 Å². The summed E-state index contributed by atoms with van der Waals surface area (Å²) in [5.74, 6) is 0. The summed E-state index contributed by atoms with van der Waals surface area (Å²) >= 11 is 6.19. The van der Waals surface area contributed by atoms with Crippen molar-refractivity contribution in [2.75, 3.05) is 38.7 Å². The van der Waals surface area contributed by atoms with Crippen molar-refractivity contribution in [1.29, 1.82) is 0 Å². The molecule has 0 bridgehead atoms. The van der Waals surface area contributed by atoms with E-state index in [1.54, 1.807) is 12.4 Å². The fraction of sp³-hybridized carbons (Fsp3) is 0.500. The SMILES string of the molecule is CNc1c(-c2cn[nH]c2C)cnc2[nH]cc(Cl)c12.FC1CCCN(C2COC2)C1. The number of hydrogen-bond donors (Lipinski definition) is 3. The Morgan fingerprint density at radius 3 is 2.76 bits per heavy atom. The molecule has 2 fully saturated rings. The van der Waals surface area contributed by atoms with Crippen LogP contribution in [0.25, 0.3) is 22.2 Å². The van der Waals surface area contributed by atoms with Crippen molar-refractivity contribution in [2.45, 2.75) is 32.0 Å². The Bertz CT molecular complexity index is 969. The number of anilines is 1. The molecule has 3 aromatic heterocycles. The van der Waals surface area contributed by atoms with Crippen LogP contribution in [0.4, 0.5) is 10.1 Å². The highest BCUT2D eigenvalue weighted by Gasteiger charge is 2.30. The van der Waals surface area contributed by atoms with E-state index in [2.05, 4.69) is 30.4 Å². The molecule has 0 aliphatic carbocycles. The number of hydrogen-bond acceptors (Lipinski definition) is 5. The second kappa shape index (κ2) is 8.69. The number of likely N-dealkylation sites (tertiary alicyclic amines) is 1. The Morgan fingerprint density at radius 1 is 1.31 bits per heavy atom. The third-order valence-corrected chi connectivity index (χ3v) is 5.85. The number of fused-ring (bicyclic) bond motifs is 1. The number of ether oxygens (including phenoxy) is 1. The van der Waals surface area contributed by atoms with Gasteiger partial charge in [-0.2, -0.15) is 5.10 Å². The van der Waals surface area contributed by atoms with Gasteiger partial charge >= 0.3 is 0 Å². The van der Waals surface area contributed by atoms with E-state index in [4.69, 9.17) is 16.3 Å². The van der Waals surface area contributed by atoms with Gasteiger partial charge in [-0.1, -0.05) is 11.6 Å². The van der Waals surface area contributed by atoms with E-state index in [1.165, 1.54) is 0 Å². The lowest BCUT2D eigenvalue weighted by atomic mass is 10.1. The van der Waals surface area contributed by atoms with E-state index in [1.807, 2.05) is 20.2 Å². The van der Waals surface area contributed by atoms with Gasteiger partial charge in [-0.3, -0.25) is 10.00 Å². The molecular formula is C20H26ClFN6O. The number of nitrogens with one attached hydrogen (secondary N) is 3. The van der Waals surface area contributed by atoms with Crippen LogP contribution in [0.5, 0.6) is 0 Å². The Labute approximate surface area is 174 Å². The molecule has 0 aromatic carbocycles. The van der Waals surface area contributed by atoms with Crippen molar-refractivity contribution in [3.8, 4) is 11.1 Å². The number of piperidine rings is 1. The summed E-state index contributed by atoms with van der Waals surface area (Å²) in [6.45, 7) is 5.30.